The SMILES string of the molecule is CCCCN(CC)[C]1CC1. The van der Waals surface area contributed by atoms with Gasteiger partial charge in [-0.2, -0.15) is 0 Å². The number of hydrogen-bond acceptors (Lipinski definition) is 1. The first-order valence-corrected chi connectivity index (χ1v) is 4.48. The normalized spacial score (nSPS) is 18.3. The molecule has 1 radical (unpaired) electrons. The van der Waals surface area contributed by atoms with E-state index in [1.807, 2.05) is 0 Å². The summed E-state index contributed by atoms with van der Waals surface area (Å²) >= 11 is 0. The van der Waals surface area contributed by atoms with Gasteiger partial charge in [-0.15, -0.1) is 0 Å². The van der Waals surface area contributed by atoms with Gasteiger partial charge >= 0.3 is 0 Å². The van der Waals surface area contributed by atoms with Crippen molar-refractivity contribution in [2.75, 3.05) is 13.1 Å². The highest BCUT2D eigenvalue weighted by Gasteiger charge is 2.27. The van der Waals surface area contributed by atoms with Crippen LogP contribution in [0.2, 0.25) is 0 Å². The maximum atomic E-state index is 2.53. The van der Waals surface area contributed by atoms with E-state index in [0.717, 1.165) is 0 Å². The molecule has 0 aliphatic heterocycles. The molecule has 1 fully saturated rings. The fraction of sp³-hybridized carbons (Fsp3) is 0.889. The fourth-order valence-electron chi connectivity index (χ4n) is 1.26. The van der Waals surface area contributed by atoms with Gasteiger partial charge in [0.1, 0.15) is 0 Å². The molecule has 0 saturated heterocycles. The molecule has 1 saturated carbocycles. The van der Waals surface area contributed by atoms with Gasteiger partial charge in [-0.25, -0.2) is 0 Å². The van der Waals surface area contributed by atoms with Crippen molar-refractivity contribution in [2.24, 2.45) is 0 Å². The molecule has 1 aliphatic rings. The fourth-order valence-corrected chi connectivity index (χ4v) is 1.26. The Kier molecular flexibility index (Phi) is 3.20. The number of unbranched alkanes of at least 4 members (excludes halogenated alkanes) is 1. The summed E-state index contributed by atoms with van der Waals surface area (Å²) in [6.07, 6.45) is 5.43. The lowest BCUT2D eigenvalue weighted by atomic mass is 10.3. The van der Waals surface area contributed by atoms with Crippen molar-refractivity contribution >= 4 is 0 Å². The van der Waals surface area contributed by atoms with Crippen molar-refractivity contribution in [3.63, 3.8) is 0 Å². The smallest absolute Gasteiger partial charge is 0.0394 e. The van der Waals surface area contributed by atoms with Crippen LogP contribution < -0.4 is 0 Å². The first-order valence-electron chi connectivity index (χ1n) is 4.48. The van der Waals surface area contributed by atoms with E-state index < -0.39 is 0 Å². The topological polar surface area (TPSA) is 3.24 Å². The van der Waals surface area contributed by atoms with E-state index in [0.29, 0.717) is 0 Å². The summed E-state index contributed by atoms with van der Waals surface area (Å²) in [7, 11) is 0. The van der Waals surface area contributed by atoms with Gasteiger partial charge in [0.25, 0.3) is 0 Å². The third-order valence-corrected chi connectivity index (χ3v) is 2.08. The molecule has 1 rings (SSSR count). The highest BCUT2D eigenvalue weighted by molar-refractivity contribution is 5.03. The van der Waals surface area contributed by atoms with Crippen LogP contribution in [-0.4, -0.2) is 18.0 Å². The van der Waals surface area contributed by atoms with Gasteiger partial charge in [0.05, 0.1) is 0 Å². The van der Waals surface area contributed by atoms with Crippen molar-refractivity contribution < 1.29 is 0 Å². The minimum absolute atomic E-state index is 1.22. The molecule has 1 nitrogen and oxygen atoms in total. The number of hydrogen-bond donors (Lipinski definition) is 0. The zero-order valence-corrected chi connectivity index (χ0v) is 7.19. The van der Waals surface area contributed by atoms with E-state index in [9.17, 15) is 0 Å². The lowest BCUT2D eigenvalue weighted by Gasteiger charge is -2.17. The van der Waals surface area contributed by atoms with Crippen LogP contribution in [0.3, 0.4) is 0 Å². The Balaban J connectivity index is 2.07. The number of rotatable bonds is 5. The standard InChI is InChI=1S/C9H18N/c1-3-5-8-10(4-2)9-6-7-9/h3-8H2,1-2H3. The molecule has 0 amide bonds. The molecule has 0 unspecified atom stereocenters. The minimum atomic E-state index is 1.22. The Morgan fingerprint density at radius 1 is 1.30 bits per heavy atom. The average Bonchev–Trinajstić information content (AvgIpc) is 2.73. The summed E-state index contributed by atoms with van der Waals surface area (Å²) in [6, 6.07) is 1.69. The molecule has 0 heterocycles. The maximum absolute atomic E-state index is 2.53. The summed E-state index contributed by atoms with van der Waals surface area (Å²) in [5, 5.41) is 0. The molecule has 0 aromatic heterocycles. The lowest BCUT2D eigenvalue weighted by Crippen LogP contribution is -2.21. The molecule has 59 valence electrons. The highest BCUT2D eigenvalue weighted by Crippen LogP contribution is 2.35. The highest BCUT2D eigenvalue weighted by atomic mass is 15.2. The molecule has 0 bridgehead atoms. The van der Waals surface area contributed by atoms with Crippen molar-refractivity contribution in [1.82, 2.24) is 4.90 Å². The molecule has 0 aromatic carbocycles. The van der Waals surface area contributed by atoms with Crippen LogP contribution in [0, 0.1) is 6.04 Å². The second-order valence-electron chi connectivity index (χ2n) is 3.00. The van der Waals surface area contributed by atoms with Crippen LogP contribution in [0.4, 0.5) is 0 Å². The van der Waals surface area contributed by atoms with Crippen molar-refractivity contribution in [1.29, 1.82) is 0 Å². The van der Waals surface area contributed by atoms with Gasteiger partial charge in [-0.05, 0) is 32.4 Å². The van der Waals surface area contributed by atoms with Gasteiger partial charge in [0.15, 0.2) is 0 Å². The maximum Gasteiger partial charge on any atom is 0.0394 e. The summed E-state index contributed by atoms with van der Waals surface area (Å²) in [4.78, 5) is 2.53. The molecular formula is C9H18N. The van der Waals surface area contributed by atoms with E-state index in [-0.39, 0.29) is 0 Å². The predicted molar refractivity (Wildman–Crippen MR) is 44.6 cm³/mol. The molecule has 0 spiro atoms. The van der Waals surface area contributed by atoms with Gasteiger partial charge in [0, 0.05) is 6.04 Å². The van der Waals surface area contributed by atoms with Gasteiger partial charge < -0.3 is 0 Å². The monoisotopic (exact) mass is 140 g/mol. The van der Waals surface area contributed by atoms with Gasteiger partial charge in [-0.1, -0.05) is 20.3 Å². The van der Waals surface area contributed by atoms with E-state index in [4.69, 9.17) is 0 Å². The van der Waals surface area contributed by atoms with Crippen LogP contribution >= 0.6 is 0 Å². The second kappa shape index (κ2) is 3.97. The van der Waals surface area contributed by atoms with Gasteiger partial charge in [0.2, 0.25) is 0 Å². The molecule has 1 aliphatic carbocycles. The van der Waals surface area contributed by atoms with Crippen molar-refractivity contribution in [2.45, 2.75) is 39.5 Å². The minimum Gasteiger partial charge on any atom is -0.296 e. The van der Waals surface area contributed by atoms with E-state index in [1.54, 1.807) is 6.04 Å². The molecular weight excluding hydrogens is 122 g/mol. The zero-order chi connectivity index (χ0) is 7.40. The molecule has 10 heavy (non-hydrogen) atoms. The Morgan fingerprint density at radius 3 is 2.40 bits per heavy atom. The molecule has 0 aromatic rings. The van der Waals surface area contributed by atoms with E-state index in [2.05, 4.69) is 18.7 Å². The summed E-state index contributed by atoms with van der Waals surface area (Å²) in [5.74, 6) is 0. The summed E-state index contributed by atoms with van der Waals surface area (Å²) in [6.45, 7) is 7.02. The van der Waals surface area contributed by atoms with Crippen LogP contribution in [0.15, 0.2) is 0 Å². The van der Waals surface area contributed by atoms with Crippen molar-refractivity contribution in [3.05, 3.63) is 6.04 Å². The van der Waals surface area contributed by atoms with Crippen LogP contribution in [0.1, 0.15) is 39.5 Å². The first kappa shape index (κ1) is 8.06. The Hall–Kier alpha value is -0.0400. The Bertz CT molecular complexity index is 86.7. The predicted octanol–water partition coefficient (Wildman–Crippen LogP) is 2.43. The molecule has 0 atom stereocenters. The van der Waals surface area contributed by atoms with E-state index in [1.165, 1.54) is 38.8 Å². The average molecular weight is 140 g/mol. The first-order chi connectivity index (χ1) is 4.88. The largest absolute Gasteiger partial charge is 0.296 e. The number of nitrogens with zero attached hydrogens (tertiary/aromatic N) is 1. The van der Waals surface area contributed by atoms with Crippen LogP contribution in [-0.2, 0) is 0 Å². The quantitative estimate of drug-likeness (QED) is 0.567. The van der Waals surface area contributed by atoms with Crippen molar-refractivity contribution in [3.8, 4) is 0 Å². The summed E-state index contributed by atoms with van der Waals surface area (Å²) < 4.78 is 0. The Labute approximate surface area is 64.4 Å². The Morgan fingerprint density at radius 2 is 2.00 bits per heavy atom. The van der Waals surface area contributed by atoms with Crippen LogP contribution in [0.5, 0.6) is 0 Å². The third kappa shape index (κ3) is 2.30. The third-order valence-electron chi connectivity index (χ3n) is 2.08. The lowest BCUT2D eigenvalue weighted by molar-refractivity contribution is 0.333. The zero-order valence-electron chi connectivity index (χ0n) is 7.19. The molecule has 1 heteroatoms. The second-order valence-corrected chi connectivity index (χ2v) is 3.00. The summed E-state index contributed by atoms with van der Waals surface area (Å²) in [5.41, 5.74) is 0. The van der Waals surface area contributed by atoms with Crippen LogP contribution in [0.25, 0.3) is 0 Å². The van der Waals surface area contributed by atoms with E-state index >= 15 is 0 Å². The molecule has 0 N–H and O–H groups in total. The van der Waals surface area contributed by atoms with Gasteiger partial charge in [-0.3, -0.25) is 4.90 Å².